The molecule has 0 bridgehead atoms. The molecule has 1 aliphatic rings. The maximum atomic E-state index is 13.5. The fourth-order valence-corrected chi connectivity index (χ4v) is 5.73. The summed E-state index contributed by atoms with van der Waals surface area (Å²) in [6, 6.07) is 8.23. The minimum atomic E-state index is -3.88. The molecule has 9 heteroatoms. The molecule has 2 heterocycles. The number of aliphatic hydroxyl groups is 1. The van der Waals surface area contributed by atoms with E-state index in [4.69, 9.17) is 9.47 Å². The zero-order valence-corrected chi connectivity index (χ0v) is 21.0. The molecule has 3 atom stereocenters. The van der Waals surface area contributed by atoms with Gasteiger partial charge in [0.1, 0.15) is 23.4 Å². The van der Waals surface area contributed by atoms with E-state index in [0.29, 0.717) is 18.7 Å². The lowest BCUT2D eigenvalue weighted by atomic mass is 10.0. The average Bonchev–Trinajstić information content (AvgIpc) is 2.81. The van der Waals surface area contributed by atoms with Gasteiger partial charge in [0.2, 0.25) is 10.0 Å². The third-order valence-electron chi connectivity index (χ3n) is 5.78. The van der Waals surface area contributed by atoms with Gasteiger partial charge in [0.15, 0.2) is 0 Å². The van der Waals surface area contributed by atoms with Gasteiger partial charge in [-0.1, -0.05) is 24.8 Å². The quantitative estimate of drug-likeness (QED) is 0.597. The minimum Gasteiger partial charge on any atom is -0.487 e. The first-order valence-corrected chi connectivity index (χ1v) is 12.7. The first-order valence-electron chi connectivity index (χ1n) is 11.2. The predicted molar refractivity (Wildman–Crippen MR) is 130 cm³/mol. The van der Waals surface area contributed by atoms with Crippen molar-refractivity contribution in [2.75, 3.05) is 40.5 Å². The normalized spacial score (nSPS) is 20.9. The average molecular weight is 488 g/mol. The minimum absolute atomic E-state index is 0.0805. The van der Waals surface area contributed by atoms with Crippen LogP contribution in [0.4, 0.5) is 0 Å². The molecule has 0 saturated heterocycles. The van der Waals surface area contributed by atoms with Crippen molar-refractivity contribution in [1.29, 1.82) is 0 Å². The Bertz CT molecular complexity index is 1110. The molecule has 1 N–H and O–H groups in total. The second-order valence-corrected chi connectivity index (χ2v) is 10.6. The van der Waals surface area contributed by atoms with E-state index in [9.17, 15) is 13.5 Å². The van der Waals surface area contributed by atoms with Gasteiger partial charge in [-0.3, -0.25) is 9.88 Å². The number of sulfonamides is 1. The maximum absolute atomic E-state index is 13.5. The third kappa shape index (κ3) is 6.34. The second kappa shape index (κ2) is 11.8. The summed E-state index contributed by atoms with van der Waals surface area (Å²) in [7, 11) is -0.310. The SMILES string of the molecule is COCC#Cc1ccc2c(c1)O[C@H](CN(C)Cc1cccnc1)[C@H](C)CN([C@@H](C)CO)S2(=O)=O. The van der Waals surface area contributed by atoms with Gasteiger partial charge in [-0.05, 0) is 43.8 Å². The summed E-state index contributed by atoms with van der Waals surface area (Å²) in [4.78, 5) is 6.39. The zero-order chi connectivity index (χ0) is 24.7. The molecule has 184 valence electrons. The predicted octanol–water partition coefficient (Wildman–Crippen LogP) is 1.98. The van der Waals surface area contributed by atoms with Gasteiger partial charge in [0.05, 0.1) is 6.61 Å². The molecule has 8 nitrogen and oxygen atoms in total. The molecule has 0 unspecified atom stereocenters. The van der Waals surface area contributed by atoms with E-state index in [2.05, 4.69) is 21.7 Å². The van der Waals surface area contributed by atoms with Gasteiger partial charge in [0, 0.05) is 56.7 Å². The van der Waals surface area contributed by atoms with Crippen LogP contribution in [0.25, 0.3) is 0 Å². The summed E-state index contributed by atoms with van der Waals surface area (Å²) < 4.78 is 39.8. The topological polar surface area (TPSA) is 92.2 Å². The molecule has 1 aromatic carbocycles. The summed E-state index contributed by atoms with van der Waals surface area (Å²) in [6.07, 6.45) is 3.29. The highest BCUT2D eigenvalue weighted by atomic mass is 32.2. The van der Waals surface area contributed by atoms with Crippen LogP contribution >= 0.6 is 0 Å². The highest BCUT2D eigenvalue weighted by Crippen LogP contribution is 2.34. The van der Waals surface area contributed by atoms with Crippen molar-refractivity contribution in [2.45, 2.75) is 37.4 Å². The maximum Gasteiger partial charge on any atom is 0.247 e. The van der Waals surface area contributed by atoms with E-state index in [-0.39, 0.29) is 42.4 Å². The molecule has 0 fully saturated rings. The summed E-state index contributed by atoms with van der Waals surface area (Å²) in [5.41, 5.74) is 1.72. The Morgan fingerprint density at radius 1 is 1.38 bits per heavy atom. The number of ether oxygens (including phenoxy) is 2. The van der Waals surface area contributed by atoms with Gasteiger partial charge in [0.25, 0.3) is 0 Å². The Hall–Kier alpha value is -2.48. The molecule has 34 heavy (non-hydrogen) atoms. The van der Waals surface area contributed by atoms with Crippen molar-refractivity contribution in [2.24, 2.45) is 5.92 Å². The number of rotatable bonds is 7. The van der Waals surface area contributed by atoms with Crippen molar-refractivity contribution < 1.29 is 23.0 Å². The second-order valence-electron chi connectivity index (χ2n) is 8.69. The fraction of sp³-hybridized carbons (Fsp3) is 0.480. The third-order valence-corrected chi connectivity index (χ3v) is 7.80. The van der Waals surface area contributed by atoms with Gasteiger partial charge in [-0.15, -0.1) is 0 Å². The summed E-state index contributed by atoms with van der Waals surface area (Å²) in [5.74, 6) is 6.01. The van der Waals surface area contributed by atoms with Crippen molar-refractivity contribution in [1.82, 2.24) is 14.2 Å². The number of nitrogens with zero attached hydrogens (tertiary/aromatic N) is 3. The van der Waals surface area contributed by atoms with Crippen LogP contribution in [0, 0.1) is 17.8 Å². The Labute approximate surface area is 202 Å². The number of benzene rings is 1. The number of fused-ring (bicyclic) bond motifs is 1. The van der Waals surface area contributed by atoms with E-state index in [1.54, 1.807) is 32.4 Å². The van der Waals surface area contributed by atoms with Crippen LogP contribution in [0.1, 0.15) is 25.0 Å². The van der Waals surface area contributed by atoms with Crippen molar-refractivity contribution in [3.63, 3.8) is 0 Å². The highest BCUT2D eigenvalue weighted by Gasteiger charge is 2.38. The Morgan fingerprint density at radius 3 is 2.85 bits per heavy atom. The molecular formula is C25H33N3O5S. The van der Waals surface area contributed by atoms with Crippen LogP contribution in [0.15, 0.2) is 47.6 Å². The monoisotopic (exact) mass is 487 g/mol. The molecule has 1 aliphatic heterocycles. The van der Waals surface area contributed by atoms with Crippen LogP contribution in [-0.4, -0.2) is 80.3 Å². The van der Waals surface area contributed by atoms with Crippen molar-refractivity contribution >= 4 is 10.0 Å². The lowest BCUT2D eigenvalue weighted by Crippen LogP contribution is -2.49. The highest BCUT2D eigenvalue weighted by molar-refractivity contribution is 7.89. The number of likely N-dealkylation sites (N-methyl/N-ethyl adjacent to an activating group) is 1. The zero-order valence-electron chi connectivity index (χ0n) is 20.1. The van der Waals surface area contributed by atoms with Gasteiger partial charge < -0.3 is 14.6 Å². The Balaban J connectivity index is 1.97. The number of pyridine rings is 1. The van der Waals surface area contributed by atoms with Crippen LogP contribution < -0.4 is 4.74 Å². The standard InChI is InChI=1S/C25H33N3O5S/c1-19-15-28(20(2)18-29)34(30,31)25-10-9-21(8-6-12-32-4)13-23(25)33-24(19)17-27(3)16-22-7-5-11-26-14-22/h5,7,9-11,13-14,19-20,24,29H,12,15-18H2,1-4H3/t19-,20+,24-/m1/s1. The van der Waals surface area contributed by atoms with E-state index in [0.717, 1.165) is 5.56 Å². The molecule has 2 aromatic rings. The van der Waals surface area contributed by atoms with E-state index < -0.39 is 16.1 Å². The van der Waals surface area contributed by atoms with Crippen LogP contribution in [0.2, 0.25) is 0 Å². The lowest BCUT2D eigenvalue weighted by Gasteiger charge is -2.37. The first-order chi connectivity index (χ1) is 16.3. The summed E-state index contributed by atoms with van der Waals surface area (Å²) >= 11 is 0. The van der Waals surface area contributed by atoms with Gasteiger partial charge in [-0.2, -0.15) is 4.31 Å². The van der Waals surface area contributed by atoms with Gasteiger partial charge in [-0.25, -0.2) is 8.42 Å². The van der Waals surface area contributed by atoms with Crippen LogP contribution in [0.5, 0.6) is 5.75 Å². The molecular weight excluding hydrogens is 454 g/mol. The van der Waals surface area contributed by atoms with Crippen LogP contribution in [-0.2, 0) is 21.3 Å². The van der Waals surface area contributed by atoms with E-state index >= 15 is 0 Å². The number of methoxy groups -OCH3 is 1. The van der Waals surface area contributed by atoms with E-state index in [1.807, 2.05) is 32.3 Å². The molecule has 0 aliphatic carbocycles. The Kier molecular flexibility index (Phi) is 9.05. The lowest BCUT2D eigenvalue weighted by molar-refractivity contribution is 0.0733. The van der Waals surface area contributed by atoms with Crippen LogP contribution in [0.3, 0.4) is 0 Å². The molecule has 0 spiro atoms. The molecule has 0 saturated carbocycles. The largest absolute Gasteiger partial charge is 0.487 e. The number of aromatic nitrogens is 1. The van der Waals surface area contributed by atoms with Gasteiger partial charge >= 0.3 is 0 Å². The smallest absolute Gasteiger partial charge is 0.247 e. The van der Waals surface area contributed by atoms with Crippen molar-refractivity contribution in [3.05, 3.63) is 53.9 Å². The van der Waals surface area contributed by atoms with Crippen molar-refractivity contribution in [3.8, 4) is 17.6 Å². The summed E-state index contributed by atoms with van der Waals surface area (Å²) in [6.45, 7) is 5.19. The number of aliphatic hydroxyl groups excluding tert-OH is 1. The molecule has 0 radical (unpaired) electrons. The Morgan fingerprint density at radius 2 is 2.18 bits per heavy atom. The molecule has 0 amide bonds. The van der Waals surface area contributed by atoms with E-state index in [1.165, 1.54) is 10.4 Å². The molecule has 1 aromatic heterocycles. The number of hydrogen-bond donors (Lipinski definition) is 1. The first kappa shape index (κ1) is 26.1. The summed E-state index contributed by atoms with van der Waals surface area (Å²) in [5, 5.41) is 9.77. The number of hydrogen-bond acceptors (Lipinski definition) is 7. The molecule has 3 rings (SSSR count). The fourth-order valence-electron chi connectivity index (χ4n) is 3.91.